The van der Waals surface area contributed by atoms with Gasteiger partial charge in [0.05, 0.1) is 12.2 Å². The zero-order valence-corrected chi connectivity index (χ0v) is 19.0. The first-order valence-electron chi connectivity index (χ1n) is 10.1. The monoisotopic (exact) mass is 473 g/mol. The third-order valence-electron chi connectivity index (χ3n) is 4.95. The van der Waals surface area contributed by atoms with Crippen LogP contribution in [0.2, 0.25) is 10.0 Å². The number of benzene rings is 2. The number of hydrogen-bond donors (Lipinski definition) is 1. The average Bonchev–Trinajstić information content (AvgIpc) is 3.24. The number of nitrogens with one attached hydrogen (secondary N) is 1. The van der Waals surface area contributed by atoms with E-state index < -0.39 is 12.0 Å². The molecule has 0 saturated carbocycles. The first-order chi connectivity index (χ1) is 15.5. The summed E-state index contributed by atoms with van der Waals surface area (Å²) in [6.07, 6.45) is 0.725. The van der Waals surface area contributed by atoms with Gasteiger partial charge in [0, 0.05) is 21.3 Å². The molecule has 0 amide bonds. The molecule has 3 aromatic rings. The zero-order chi connectivity index (χ0) is 22.7. The number of aromatic nitrogens is 4. The number of nitrogens with zero attached hydrogens (tertiary/aromatic N) is 4. The number of esters is 1. The van der Waals surface area contributed by atoms with Crippen LogP contribution in [0.15, 0.2) is 53.7 Å². The van der Waals surface area contributed by atoms with Gasteiger partial charge >= 0.3 is 5.97 Å². The van der Waals surface area contributed by atoms with Crippen molar-refractivity contribution in [3.8, 4) is 5.75 Å². The van der Waals surface area contributed by atoms with Crippen LogP contribution in [0.5, 0.6) is 5.75 Å². The topological polar surface area (TPSA) is 91.2 Å². The van der Waals surface area contributed by atoms with Gasteiger partial charge in [-0.15, -0.1) is 0 Å². The maximum atomic E-state index is 12.9. The van der Waals surface area contributed by atoms with Crippen molar-refractivity contribution in [2.75, 3.05) is 11.9 Å². The lowest BCUT2D eigenvalue weighted by molar-refractivity contribution is -0.139. The fourth-order valence-corrected chi connectivity index (χ4v) is 3.89. The molecular formula is C22H21Cl2N5O3. The Kier molecular flexibility index (Phi) is 6.62. The Morgan fingerprint density at radius 3 is 2.84 bits per heavy atom. The van der Waals surface area contributed by atoms with E-state index in [4.69, 9.17) is 32.7 Å². The van der Waals surface area contributed by atoms with Gasteiger partial charge in [-0.05, 0) is 53.6 Å². The van der Waals surface area contributed by atoms with Gasteiger partial charge in [-0.25, -0.2) is 4.79 Å². The summed E-state index contributed by atoms with van der Waals surface area (Å²) in [6.45, 7) is 4.34. The van der Waals surface area contributed by atoms with Crippen LogP contribution in [0.4, 0.5) is 5.95 Å². The van der Waals surface area contributed by atoms with E-state index in [9.17, 15) is 4.79 Å². The first kappa shape index (κ1) is 22.1. The van der Waals surface area contributed by atoms with E-state index in [0.717, 1.165) is 17.5 Å². The van der Waals surface area contributed by atoms with Gasteiger partial charge in [-0.2, -0.15) is 4.68 Å². The van der Waals surface area contributed by atoms with Crippen molar-refractivity contribution in [1.82, 2.24) is 20.2 Å². The average molecular weight is 474 g/mol. The minimum absolute atomic E-state index is 0.266. The number of carbonyl (C=O) groups excluding carboxylic acids is 1. The fourth-order valence-electron chi connectivity index (χ4n) is 3.43. The molecule has 0 radical (unpaired) electrons. The van der Waals surface area contributed by atoms with Gasteiger partial charge in [0.2, 0.25) is 5.95 Å². The normalized spacial score (nSPS) is 15.2. The summed E-state index contributed by atoms with van der Waals surface area (Å²) in [5, 5.41) is 16.0. The molecule has 1 aliphatic heterocycles. The maximum absolute atomic E-state index is 12.9. The van der Waals surface area contributed by atoms with E-state index in [0.29, 0.717) is 39.6 Å². The number of carbonyl (C=O) groups is 1. The van der Waals surface area contributed by atoms with Crippen LogP contribution in [0.25, 0.3) is 0 Å². The highest BCUT2D eigenvalue weighted by molar-refractivity contribution is 6.35. The lowest BCUT2D eigenvalue weighted by Gasteiger charge is -2.27. The Bertz CT molecular complexity index is 1180. The number of allylic oxidation sites excluding steroid dienone is 1. The van der Waals surface area contributed by atoms with E-state index in [-0.39, 0.29) is 6.61 Å². The molecule has 32 heavy (non-hydrogen) atoms. The van der Waals surface area contributed by atoms with Crippen molar-refractivity contribution in [3.63, 3.8) is 0 Å². The molecule has 2 heterocycles. The summed E-state index contributed by atoms with van der Waals surface area (Å²) in [5.74, 6) is 0.640. The van der Waals surface area contributed by atoms with Gasteiger partial charge in [0.15, 0.2) is 0 Å². The summed E-state index contributed by atoms with van der Waals surface area (Å²) < 4.78 is 13.0. The van der Waals surface area contributed by atoms with Crippen molar-refractivity contribution in [3.05, 3.63) is 74.9 Å². The highest BCUT2D eigenvalue weighted by atomic mass is 35.5. The highest BCUT2D eigenvalue weighted by Gasteiger charge is 2.35. The number of rotatable bonds is 7. The summed E-state index contributed by atoms with van der Waals surface area (Å²) in [5.41, 5.74) is 2.67. The molecule has 1 atom stereocenters. The molecule has 2 aromatic carbocycles. The number of tetrazole rings is 1. The molecule has 1 aliphatic rings. The molecule has 0 fully saturated rings. The van der Waals surface area contributed by atoms with Crippen molar-refractivity contribution < 1.29 is 14.3 Å². The van der Waals surface area contributed by atoms with Crippen molar-refractivity contribution in [2.45, 2.75) is 32.9 Å². The van der Waals surface area contributed by atoms with Gasteiger partial charge in [-0.1, -0.05) is 53.4 Å². The van der Waals surface area contributed by atoms with Crippen molar-refractivity contribution in [2.24, 2.45) is 0 Å². The molecular weight excluding hydrogens is 453 g/mol. The van der Waals surface area contributed by atoms with Crippen LogP contribution in [0.1, 0.15) is 37.4 Å². The van der Waals surface area contributed by atoms with Gasteiger partial charge < -0.3 is 14.8 Å². The van der Waals surface area contributed by atoms with Gasteiger partial charge in [0.25, 0.3) is 0 Å². The summed E-state index contributed by atoms with van der Waals surface area (Å²) >= 11 is 12.2. The minimum atomic E-state index is -0.562. The molecule has 0 saturated heterocycles. The predicted octanol–water partition coefficient (Wildman–Crippen LogP) is 4.80. The lowest BCUT2D eigenvalue weighted by Crippen LogP contribution is -2.29. The molecule has 4 rings (SSSR count). The third kappa shape index (κ3) is 4.56. The van der Waals surface area contributed by atoms with Crippen LogP contribution in [-0.4, -0.2) is 32.8 Å². The second-order valence-corrected chi connectivity index (χ2v) is 8.09. The fraction of sp³-hybridized carbons (Fsp3) is 0.273. The van der Waals surface area contributed by atoms with E-state index in [1.807, 2.05) is 37.3 Å². The molecule has 1 unspecified atom stereocenters. The Labute approximate surface area is 195 Å². The largest absolute Gasteiger partial charge is 0.489 e. The van der Waals surface area contributed by atoms with E-state index >= 15 is 0 Å². The van der Waals surface area contributed by atoms with E-state index in [2.05, 4.69) is 20.8 Å². The number of ether oxygens (including phenoxy) is 2. The third-order valence-corrected chi connectivity index (χ3v) is 5.54. The Morgan fingerprint density at radius 1 is 1.22 bits per heavy atom. The predicted molar refractivity (Wildman–Crippen MR) is 121 cm³/mol. The van der Waals surface area contributed by atoms with Crippen LogP contribution in [0.3, 0.4) is 0 Å². The summed E-state index contributed by atoms with van der Waals surface area (Å²) in [6, 6.07) is 12.1. The van der Waals surface area contributed by atoms with Crippen LogP contribution in [-0.2, 0) is 16.1 Å². The number of anilines is 1. The molecule has 0 spiro atoms. The lowest BCUT2D eigenvalue weighted by atomic mass is 9.95. The van der Waals surface area contributed by atoms with Gasteiger partial charge in [-0.3, -0.25) is 0 Å². The number of halogens is 2. The summed E-state index contributed by atoms with van der Waals surface area (Å²) in [4.78, 5) is 12.9. The SMILES string of the molecule is CCCOC(=O)C1=C(C)Nc2nnnn2C1c1cccc(OCc2ccc(Cl)cc2Cl)c1. The van der Waals surface area contributed by atoms with E-state index in [1.165, 1.54) is 0 Å². The smallest absolute Gasteiger partial charge is 0.338 e. The van der Waals surface area contributed by atoms with Crippen molar-refractivity contribution >= 4 is 35.1 Å². The second-order valence-electron chi connectivity index (χ2n) is 7.25. The molecule has 8 nitrogen and oxygen atoms in total. The minimum Gasteiger partial charge on any atom is -0.489 e. The first-order valence-corrected chi connectivity index (χ1v) is 10.8. The molecule has 0 aliphatic carbocycles. The zero-order valence-electron chi connectivity index (χ0n) is 17.5. The second kappa shape index (κ2) is 9.58. The molecule has 166 valence electrons. The molecule has 1 N–H and O–H groups in total. The molecule has 10 heteroatoms. The Morgan fingerprint density at radius 2 is 2.06 bits per heavy atom. The Balaban J connectivity index is 1.64. The molecule has 1 aromatic heterocycles. The quantitative estimate of drug-likeness (QED) is 0.492. The summed E-state index contributed by atoms with van der Waals surface area (Å²) in [7, 11) is 0. The molecule has 0 bridgehead atoms. The Hall–Kier alpha value is -3.10. The standard InChI is InChI=1S/C22H21Cl2N5O3/c1-3-9-31-21(30)19-13(2)25-22-26-27-28-29(22)20(19)14-5-4-6-17(10-14)32-12-15-7-8-16(23)11-18(15)24/h4-8,10-11,20H,3,9,12H2,1-2H3,(H,25,26,28). The maximum Gasteiger partial charge on any atom is 0.338 e. The number of fused-ring (bicyclic) bond motifs is 1. The van der Waals surface area contributed by atoms with Crippen molar-refractivity contribution in [1.29, 1.82) is 0 Å². The van der Waals surface area contributed by atoms with Crippen LogP contribution >= 0.6 is 23.2 Å². The van der Waals surface area contributed by atoms with Crippen LogP contribution < -0.4 is 10.1 Å². The van der Waals surface area contributed by atoms with E-state index in [1.54, 1.807) is 23.7 Å². The number of hydrogen-bond acceptors (Lipinski definition) is 7. The van der Waals surface area contributed by atoms with Gasteiger partial charge in [0.1, 0.15) is 18.4 Å². The van der Waals surface area contributed by atoms with Crippen LogP contribution in [0, 0.1) is 0 Å². The highest BCUT2D eigenvalue weighted by Crippen LogP contribution is 2.36.